The maximum absolute atomic E-state index is 13.0. The van der Waals surface area contributed by atoms with Gasteiger partial charge >= 0.3 is 24.1 Å². The van der Waals surface area contributed by atoms with Crippen LogP contribution in [0.3, 0.4) is 0 Å². The fourth-order valence-electron chi connectivity index (χ4n) is 10.5. The minimum absolute atomic E-state index is 0. The van der Waals surface area contributed by atoms with Gasteiger partial charge in [0.05, 0.1) is 55.4 Å². The van der Waals surface area contributed by atoms with Crippen molar-refractivity contribution in [2.45, 2.75) is 205 Å². The molecule has 3 heterocycles. The van der Waals surface area contributed by atoms with E-state index >= 15 is 0 Å². The number of methoxy groups -OCH3 is 4. The number of halogens is 3. The summed E-state index contributed by atoms with van der Waals surface area (Å²) in [6.07, 6.45) is 2.35. The molecule has 2 saturated heterocycles. The van der Waals surface area contributed by atoms with Crippen molar-refractivity contribution < 1.29 is 88.1 Å². The second kappa shape index (κ2) is 40.6. The minimum atomic E-state index is -1.00. The first-order valence-corrected chi connectivity index (χ1v) is 30.9. The topological polar surface area (TPSA) is 299 Å². The number of alkyl halides is 1. The van der Waals surface area contributed by atoms with Gasteiger partial charge in [-0.3, -0.25) is 19.0 Å². The molecule has 0 aromatic heterocycles. The highest BCUT2D eigenvalue weighted by Crippen LogP contribution is 2.41. The van der Waals surface area contributed by atoms with E-state index < -0.39 is 71.4 Å². The van der Waals surface area contributed by atoms with Crippen molar-refractivity contribution in [1.82, 2.24) is 9.80 Å². The molecule has 1 spiro atoms. The monoisotopic (exact) mass is 1420 g/mol. The van der Waals surface area contributed by atoms with Crippen molar-refractivity contribution in [2.24, 2.45) is 21.4 Å². The van der Waals surface area contributed by atoms with E-state index in [0.29, 0.717) is 30.5 Å². The van der Waals surface area contributed by atoms with Gasteiger partial charge in [0.25, 0.3) is 0 Å². The molecule has 0 aliphatic carbocycles. The fraction of sp³-hybridized carbons (Fsp3) is 0.528. The summed E-state index contributed by atoms with van der Waals surface area (Å²) in [6.45, 7) is 41.5. The first-order valence-electron chi connectivity index (χ1n) is 31.2. The van der Waals surface area contributed by atoms with Gasteiger partial charge in [-0.15, -0.1) is 12.4 Å². The normalized spacial score (nSPS) is 16.2. The van der Waals surface area contributed by atoms with Gasteiger partial charge in [-0.2, -0.15) is 0 Å². The van der Waals surface area contributed by atoms with Crippen LogP contribution in [0, 0.1) is 55.4 Å². The van der Waals surface area contributed by atoms with E-state index in [4.69, 9.17) is 71.3 Å². The molecule has 0 radical (unpaired) electrons. The molecule has 2 fully saturated rings. The number of aldehydes is 1. The largest absolute Gasteiger partial charge is 0.496 e. The number of rotatable bonds is 10. The summed E-state index contributed by atoms with van der Waals surface area (Å²) in [6, 6.07) is 13.7. The number of nitrogens with zero attached hydrogens (tertiary/aromatic N) is 5. The summed E-state index contributed by atoms with van der Waals surface area (Å²) in [5, 5.41) is 33.7. The average Bonchev–Trinajstić information content (AvgIpc) is 1.61. The molecule has 3 aliphatic rings. The van der Waals surface area contributed by atoms with Gasteiger partial charge < -0.3 is 58.4 Å². The Labute approximate surface area is 592 Å². The highest BCUT2D eigenvalue weighted by molar-refractivity contribution is 6.69. The summed E-state index contributed by atoms with van der Waals surface area (Å²) in [5.41, 5.74) is 9.45. The van der Waals surface area contributed by atoms with Gasteiger partial charge in [0.15, 0.2) is 10.8 Å². The number of likely N-dealkylation sites (tertiary alicyclic amines) is 2. The lowest BCUT2D eigenvalue weighted by atomic mass is 9.90. The molecule has 5 N–H and O–H groups in total. The molecule has 0 saturated carbocycles. The number of nitrogens with two attached hydrogens (primary N) is 1. The highest BCUT2D eigenvalue weighted by atomic mass is 35.5. The van der Waals surface area contributed by atoms with E-state index in [1.54, 1.807) is 112 Å². The molecule has 98 heavy (non-hydrogen) atoms. The van der Waals surface area contributed by atoms with Gasteiger partial charge in [-0.25, -0.2) is 25.1 Å². The Morgan fingerprint density at radius 3 is 1.34 bits per heavy atom. The molecular weight excluding hydrogens is 1310 g/mol. The van der Waals surface area contributed by atoms with Crippen LogP contribution in [0.1, 0.15) is 183 Å². The number of carbonyl (C=O) groups excluding carboxylic acids is 5. The zero-order valence-corrected chi connectivity index (χ0v) is 62.5. The van der Waals surface area contributed by atoms with Gasteiger partial charge in [-0.1, -0.05) is 46.6 Å². The Morgan fingerprint density at radius 1 is 0.643 bits per heavy atom. The second-order valence-electron chi connectivity index (χ2n) is 26.9. The molecule has 550 valence electrons. The Balaban J connectivity index is 0. The van der Waals surface area contributed by atoms with Crippen LogP contribution in [0.2, 0.25) is 0 Å². The summed E-state index contributed by atoms with van der Waals surface area (Å²) in [7, 11) is 5.56. The van der Waals surface area contributed by atoms with E-state index in [0.717, 1.165) is 96.2 Å². The highest BCUT2D eigenvalue weighted by Gasteiger charge is 2.55. The van der Waals surface area contributed by atoms with Crippen molar-refractivity contribution >= 4 is 71.5 Å². The third-order valence-electron chi connectivity index (χ3n) is 13.8. The number of carbonyl (C=O) groups is 5. The number of ether oxygens (including phenoxy) is 8. The van der Waals surface area contributed by atoms with Crippen LogP contribution in [0.5, 0.6) is 23.0 Å². The van der Waals surface area contributed by atoms with Gasteiger partial charge in [-0.05, 0) is 237 Å². The molecule has 0 bridgehead atoms. The Hall–Kier alpha value is -8.19. The lowest BCUT2D eigenvalue weighted by molar-refractivity contribution is -0.161. The predicted octanol–water partition coefficient (Wildman–Crippen LogP) is 15.3. The zero-order chi connectivity index (χ0) is 74.9. The molecular formula is C72H109Cl2FN6O17. The number of oxime groups is 3. The SMILES string of the molecule is C.C=C1C[C@@H](C(=O)OC(C)(C)C)N(C(=O)OC(C)(C)C)C1.COc1c(C)cc(C(Cl)=NO)cc1C.COc1c(C)cc(C2=NO[C@]3(C2)C[C@@H](C(=O)OC(C)(C)C)N(C(=O)OC(C)(C)C)C3)cc1C.COc1c(C)cc(C=NO)cc1C.COc1c(C)cc(C=O)cc1C.Cl.NO.[2H]CF. The quantitative estimate of drug-likeness (QED) is 0.0218. The van der Waals surface area contributed by atoms with Crippen LogP contribution in [0.4, 0.5) is 14.0 Å². The lowest BCUT2D eigenvalue weighted by Gasteiger charge is -2.29. The van der Waals surface area contributed by atoms with Gasteiger partial charge in [0, 0.05) is 42.5 Å². The van der Waals surface area contributed by atoms with Crippen LogP contribution in [-0.4, -0.2) is 162 Å². The number of amides is 2. The molecule has 4 aromatic rings. The van der Waals surface area contributed by atoms with Gasteiger partial charge in [0.2, 0.25) is 0 Å². The van der Waals surface area contributed by atoms with E-state index in [-0.39, 0.29) is 38.0 Å². The maximum atomic E-state index is 13.0. The average molecular weight is 1420 g/mol. The number of benzene rings is 4. The van der Waals surface area contributed by atoms with Crippen molar-refractivity contribution in [3.8, 4) is 23.0 Å². The molecule has 0 unspecified atom stereocenters. The Morgan fingerprint density at radius 2 is 0.990 bits per heavy atom. The lowest BCUT2D eigenvalue weighted by Crippen LogP contribution is -2.46. The van der Waals surface area contributed by atoms with Crippen molar-refractivity contribution in [1.29, 1.82) is 0 Å². The molecule has 4 aromatic carbocycles. The van der Waals surface area contributed by atoms with Crippen LogP contribution in [0.25, 0.3) is 0 Å². The minimum Gasteiger partial charge on any atom is -0.496 e. The maximum Gasteiger partial charge on any atom is 0.411 e. The summed E-state index contributed by atoms with van der Waals surface area (Å²) >= 11 is 5.69. The number of hydrogen-bond donors (Lipinski definition) is 4. The van der Waals surface area contributed by atoms with Gasteiger partial charge in [0.1, 0.15) is 63.8 Å². The Bertz CT molecular complexity index is 3260. The molecule has 3 aliphatic heterocycles. The van der Waals surface area contributed by atoms with E-state index in [1.165, 1.54) is 16.0 Å². The number of hydrogen-bond acceptors (Lipinski definition) is 21. The second-order valence-corrected chi connectivity index (χ2v) is 27.2. The van der Waals surface area contributed by atoms with E-state index in [2.05, 4.69) is 27.9 Å². The third-order valence-corrected chi connectivity index (χ3v) is 14.1. The summed E-state index contributed by atoms with van der Waals surface area (Å²) < 4.78 is 58.4. The van der Waals surface area contributed by atoms with Crippen LogP contribution >= 0.6 is 24.0 Å². The summed E-state index contributed by atoms with van der Waals surface area (Å²) in [5.74, 6) is 6.03. The zero-order valence-electron chi connectivity index (χ0n) is 61.9. The predicted molar refractivity (Wildman–Crippen MR) is 384 cm³/mol. The molecule has 2 amide bonds. The molecule has 26 heteroatoms. The van der Waals surface area contributed by atoms with Crippen molar-refractivity contribution in [3.05, 3.63) is 127 Å². The molecule has 23 nitrogen and oxygen atoms in total. The van der Waals surface area contributed by atoms with Crippen molar-refractivity contribution in [3.63, 3.8) is 0 Å². The van der Waals surface area contributed by atoms with Crippen LogP contribution in [-0.2, 0) is 33.4 Å². The first-order chi connectivity index (χ1) is 44.9. The fourth-order valence-corrected chi connectivity index (χ4v) is 10.6. The van der Waals surface area contributed by atoms with E-state index in [1.807, 2.05) is 104 Å². The van der Waals surface area contributed by atoms with Crippen LogP contribution < -0.4 is 24.8 Å². The van der Waals surface area contributed by atoms with Crippen molar-refractivity contribution in [2.75, 3.05) is 48.7 Å². The number of esters is 2. The number of aryl methyl sites for hydroxylation is 8. The smallest absolute Gasteiger partial charge is 0.411 e. The molecule has 7 rings (SSSR count). The standard InChI is InChI=1S/C25H36N2O6.C15H25NO4.C10H12ClNO2.C10H13NO2.C10H12O2.CH3F.CH4.ClH.H3NO/c1-15-10-17(11-16(2)20(15)30-9)18-12-25(33-26-18)13-19(21(28)31-23(3,4)5)27(14-25)22(29)32-24(6,7)8;1-10-8-11(12(17)19-14(2,3)4)16(9-10)13(18)20-15(5,6)7;1-6-4-8(10(11)12-13)5-7(2)9(6)14-3;1-7-4-9(6-11-12)5-8(2)10(7)13-3;1-7-4-9(6-11)5-8(2)10(7)12-3;1-2;;;1-2/h10-11,19H,12-14H2,1-9H3;11H,1,8-9H2,2-7H3;4-5,13H,1-3H3;4-6,12H,1-3H3;4-6H,1-3H3;1H3;1H4;1H;2H,1H2/t19-,25+;11-;;;;;;;/m00......./s1/i;;;;;1D;;;. The molecule has 3 atom stereocenters. The summed E-state index contributed by atoms with van der Waals surface area (Å²) in [4.78, 5) is 69.5. The van der Waals surface area contributed by atoms with E-state index in [9.17, 15) is 28.4 Å². The first kappa shape index (κ1) is 89.8. The van der Waals surface area contributed by atoms with Crippen LogP contribution in [0.15, 0.2) is 76.2 Å². The Kier molecular flexibility index (Phi) is 37.2. The third kappa shape index (κ3) is 28.7.